The normalized spacial score (nSPS) is 23.0. The molecule has 4 rings (SSSR count). The number of rotatable bonds is 3. The minimum atomic E-state index is -0.0569. The molecule has 0 atom stereocenters. The molecule has 0 aliphatic carbocycles. The van der Waals surface area contributed by atoms with Gasteiger partial charge < -0.3 is 5.32 Å². The molecular weight excluding hydrogens is 314 g/mol. The van der Waals surface area contributed by atoms with Gasteiger partial charge in [-0.2, -0.15) is 0 Å². The molecule has 5 heteroatoms. The molecule has 2 fully saturated rings. The number of amides is 2. The Kier molecular flexibility index (Phi) is 4.86. The quantitative estimate of drug-likeness (QED) is 0.856. The third-order valence-electron chi connectivity index (χ3n) is 5.79. The summed E-state index contributed by atoms with van der Waals surface area (Å²) in [5.74, 6) is 0.674. The molecule has 3 heterocycles. The number of hydrogen-bond donors (Lipinski definition) is 1. The van der Waals surface area contributed by atoms with Crippen molar-refractivity contribution >= 4 is 17.5 Å². The van der Waals surface area contributed by atoms with E-state index < -0.39 is 0 Å². The molecule has 1 N–H and O–H groups in total. The molecule has 25 heavy (non-hydrogen) atoms. The van der Waals surface area contributed by atoms with Crippen LogP contribution < -0.4 is 10.2 Å². The predicted octanol–water partition coefficient (Wildman–Crippen LogP) is 2.09. The second-order valence-corrected chi connectivity index (χ2v) is 7.61. The maximum atomic E-state index is 12.2. The highest BCUT2D eigenvalue weighted by atomic mass is 16.2. The Hall–Kier alpha value is -1.72. The number of imide groups is 1. The van der Waals surface area contributed by atoms with Crippen molar-refractivity contribution in [1.82, 2.24) is 10.2 Å². The average Bonchev–Trinajstić information content (AvgIpc) is 2.62. The van der Waals surface area contributed by atoms with Gasteiger partial charge in [0, 0.05) is 32.5 Å². The molecule has 0 spiro atoms. The van der Waals surface area contributed by atoms with Crippen molar-refractivity contribution in [3.05, 3.63) is 29.3 Å². The summed E-state index contributed by atoms with van der Waals surface area (Å²) in [4.78, 5) is 28.3. The highest BCUT2D eigenvalue weighted by Gasteiger charge is 2.28. The van der Waals surface area contributed by atoms with E-state index in [1.54, 1.807) is 0 Å². The van der Waals surface area contributed by atoms with Crippen LogP contribution in [0.2, 0.25) is 0 Å². The van der Waals surface area contributed by atoms with Gasteiger partial charge in [-0.15, -0.1) is 0 Å². The second kappa shape index (κ2) is 7.26. The van der Waals surface area contributed by atoms with Crippen molar-refractivity contribution in [3.63, 3.8) is 0 Å². The number of carbonyl (C=O) groups is 2. The molecule has 0 saturated carbocycles. The van der Waals surface area contributed by atoms with Crippen molar-refractivity contribution in [1.29, 1.82) is 0 Å². The SMILES string of the molecule is O=C1CCCC(=O)N1c1ccc2c(c1)CN(CC1CCNCC1)CC2. The Morgan fingerprint density at radius 3 is 2.52 bits per heavy atom. The van der Waals surface area contributed by atoms with Gasteiger partial charge in [-0.3, -0.25) is 19.4 Å². The van der Waals surface area contributed by atoms with E-state index in [0.717, 1.165) is 50.7 Å². The summed E-state index contributed by atoms with van der Waals surface area (Å²) in [6, 6.07) is 6.13. The molecule has 2 saturated heterocycles. The maximum absolute atomic E-state index is 12.2. The molecule has 134 valence electrons. The van der Waals surface area contributed by atoms with Crippen LogP contribution in [0.5, 0.6) is 0 Å². The van der Waals surface area contributed by atoms with Gasteiger partial charge >= 0.3 is 0 Å². The number of piperidine rings is 2. The Morgan fingerprint density at radius 2 is 1.76 bits per heavy atom. The van der Waals surface area contributed by atoms with E-state index in [0.29, 0.717) is 19.3 Å². The summed E-state index contributed by atoms with van der Waals surface area (Å²) in [6.07, 6.45) is 5.22. The fraction of sp³-hybridized carbons (Fsp3) is 0.600. The minimum Gasteiger partial charge on any atom is -0.317 e. The van der Waals surface area contributed by atoms with Crippen molar-refractivity contribution in [3.8, 4) is 0 Å². The highest BCUT2D eigenvalue weighted by Crippen LogP contribution is 2.28. The van der Waals surface area contributed by atoms with Crippen molar-refractivity contribution < 1.29 is 9.59 Å². The number of nitrogens with zero attached hydrogens (tertiary/aromatic N) is 2. The third kappa shape index (κ3) is 3.62. The number of anilines is 1. The van der Waals surface area contributed by atoms with Gasteiger partial charge in [0.1, 0.15) is 0 Å². The zero-order valence-corrected chi connectivity index (χ0v) is 14.8. The van der Waals surface area contributed by atoms with Crippen molar-refractivity contribution in [2.75, 3.05) is 31.1 Å². The van der Waals surface area contributed by atoms with E-state index in [4.69, 9.17) is 0 Å². The topological polar surface area (TPSA) is 52.7 Å². The van der Waals surface area contributed by atoms with Crippen LogP contribution in [-0.4, -0.2) is 42.9 Å². The first-order chi connectivity index (χ1) is 12.2. The summed E-state index contributed by atoms with van der Waals surface area (Å²) in [7, 11) is 0. The smallest absolute Gasteiger partial charge is 0.233 e. The van der Waals surface area contributed by atoms with Crippen LogP contribution in [-0.2, 0) is 22.6 Å². The van der Waals surface area contributed by atoms with Gasteiger partial charge in [0.25, 0.3) is 0 Å². The Bertz CT molecular complexity index is 651. The van der Waals surface area contributed by atoms with E-state index in [2.05, 4.69) is 22.3 Å². The first-order valence-electron chi connectivity index (χ1n) is 9.61. The van der Waals surface area contributed by atoms with Gasteiger partial charge in [-0.25, -0.2) is 0 Å². The zero-order valence-electron chi connectivity index (χ0n) is 14.8. The summed E-state index contributed by atoms with van der Waals surface area (Å²) in [5, 5.41) is 3.43. The molecule has 1 aromatic rings. The van der Waals surface area contributed by atoms with E-state index in [-0.39, 0.29) is 11.8 Å². The lowest BCUT2D eigenvalue weighted by molar-refractivity contribution is -0.129. The summed E-state index contributed by atoms with van der Waals surface area (Å²) >= 11 is 0. The van der Waals surface area contributed by atoms with E-state index in [1.807, 2.05) is 6.07 Å². The molecule has 0 aromatic heterocycles. The summed E-state index contributed by atoms with van der Waals surface area (Å²) in [6.45, 7) is 5.48. The van der Waals surface area contributed by atoms with Gasteiger partial charge in [0.2, 0.25) is 11.8 Å². The number of nitrogens with one attached hydrogen (secondary N) is 1. The Morgan fingerprint density at radius 1 is 1.00 bits per heavy atom. The Balaban J connectivity index is 1.49. The van der Waals surface area contributed by atoms with Crippen LogP contribution >= 0.6 is 0 Å². The van der Waals surface area contributed by atoms with Crippen molar-refractivity contribution in [2.45, 2.75) is 45.1 Å². The summed E-state index contributed by atoms with van der Waals surface area (Å²) < 4.78 is 0. The van der Waals surface area contributed by atoms with E-state index in [1.165, 1.54) is 28.9 Å². The molecule has 0 unspecified atom stereocenters. The van der Waals surface area contributed by atoms with Crippen LogP contribution in [0.4, 0.5) is 5.69 Å². The van der Waals surface area contributed by atoms with Gasteiger partial charge in [0.15, 0.2) is 0 Å². The fourth-order valence-corrected chi connectivity index (χ4v) is 4.37. The number of hydrogen-bond acceptors (Lipinski definition) is 4. The van der Waals surface area contributed by atoms with E-state index >= 15 is 0 Å². The Labute approximate surface area is 149 Å². The number of carbonyl (C=O) groups excluding carboxylic acids is 2. The molecule has 3 aliphatic heterocycles. The molecule has 0 bridgehead atoms. The maximum Gasteiger partial charge on any atom is 0.233 e. The lowest BCUT2D eigenvalue weighted by Gasteiger charge is -2.34. The third-order valence-corrected chi connectivity index (χ3v) is 5.79. The van der Waals surface area contributed by atoms with Crippen LogP contribution in [0, 0.1) is 5.92 Å². The van der Waals surface area contributed by atoms with Crippen LogP contribution in [0.1, 0.15) is 43.2 Å². The molecule has 5 nitrogen and oxygen atoms in total. The molecule has 1 aromatic carbocycles. The highest BCUT2D eigenvalue weighted by molar-refractivity contribution is 6.16. The van der Waals surface area contributed by atoms with Gasteiger partial charge in [0.05, 0.1) is 5.69 Å². The average molecular weight is 341 g/mol. The lowest BCUT2D eigenvalue weighted by atomic mass is 9.94. The molecule has 3 aliphatic rings. The summed E-state index contributed by atoms with van der Waals surface area (Å²) in [5.41, 5.74) is 3.41. The number of fused-ring (bicyclic) bond motifs is 1. The minimum absolute atomic E-state index is 0.0569. The van der Waals surface area contributed by atoms with Crippen LogP contribution in [0.15, 0.2) is 18.2 Å². The largest absolute Gasteiger partial charge is 0.317 e. The first-order valence-corrected chi connectivity index (χ1v) is 9.61. The first kappa shape index (κ1) is 16.7. The van der Waals surface area contributed by atoms with Crippen LogP contribution in [0.25, 0.3) is 0 Å². The van der Waals surface area contributed by atoms with Crippen molar-refractivity contribution in [2.24, 2.45) is 5.92 Å². The molecule has 2 amide bonds. The molecular formula is C20H27N3O2. The van der Waals surface area contributed by atoms with Gasteiger partial charge in [-0.1, -0.05) is 6.07 Å². The zero-order chi connectivity index (χ0) is 17.2. The monoisotopic (exact) mass is 341 g/mol. The van der Waals surface area contributed by atoms with Gasteiger partial charge in [-0.05, 0) is 68.0 Å². The predicted molar refractivity (Wildman–Crippen MR) is 97.4 cm³/mol. The fourth-order valence-electron chi connectivity index (χ4n) is 4.37. The lowest BCUT2D eigenvalue weighted by Crippen LogP contribution is -2.41. The standard InChI is InChI=1S/C20H27N3O2/c24-19-2-1-3-20(25)23(19)18-5-4-16-8-11-22(14-17(16)12-18)13-15-6-9-21-10-7-15/h4-5,12,15,21H,1-3,6-11,13-14H2. The van der Waals surface area contributed by atoms with Crippen LogP contribution in [0.3, 0.4) is 0 Å². The molecule has 0 radical (unpaired) electrons. The number of benzene rings is 1. The van der Waals surface area contributed by atoms with E-state index in [9.17, 15) is 9.59 Å². The second-order valence-electron chi connectivity index (χ2n) is 7.61.